The summed E-state index contributed by atoms with van der Waals surface area (Å²) in [5, 5.41) is 0. The minimum Gasteiger partial charge on any atom is -0.362 e. The second-order valence-electron chi connectivity index (χ2n) is 5.34. The number of amidine groups is 1. The van der Waals surface area contributed by atoms with Crippen LogP contribution in [-0.2, 0) is 25.8 Å². The second kappa shape index (κ2) is 9.52. The van der Waals surface area contributed by atoms with Crippen molar-refractivity contribution in [2.24, 2.45) is 4.99 Å². The van der Waals surface area contributed by atoms with Gasteiger partial charge in [0.1, 0.15) is 5.84 Å². The second-order valence-corrected chi connectivity index (χ2v) is 6.36. The van der Waals surface area contributed by atoms with Gasteiger partial charge in [0, 0.05) is 57.9 Å². The van der Waals surface area contributed by atoms with E-state index in [-0.39, 0.29) is 25.8 Å². The molecule has 0 atom stereocenters. The largest absolute Gasteiger partial charge is 0.398 e. The molecule has 1 aromatic carbocycles. The van der Waals surface area contributed by atoms with Crippen LogP contribution in [0.1, 0.15) is 11.1 Å². The number of nitrogens with zero attached hydrogens (tertiary/aromatic N) is 3. The number of hydrogen-bond donors (Lipinski definition) is 0. The van der Waals surface area contributed by atoms with Gasteiger partial charge in [-0.1, -0.05) is 11.8 Å². The molecule has 0 unspecified atom stereocenters. The van der Waals surface area contributed by atoms with Crippen molar-refractivity contribution in [1.82, 2.24) is 9.88 Å². The molecule has 0 aliphatic heterocycles. The zero-order valence-corrected chi connectivity index (χ0v) is 18.5. The van der Waals surface area contributed by atoms with Gasteiger partial charge in [0.25, 0.3) is 0 Å². The predicted molar refractivity (Wildman–Crippen MR) is 90.9 cm³/mol. The molecule has 0 saturated heterocycles. The summed E-state index contributed by atoms with van der Waals surface area (Å²) in [5.41, 5.74) is 2.05. The van der Waals surface area contributed by atoms with Crippen molar-refractivity contribution in [1.29, 1.82) is 0 Å². The van der Waals surface area contributed by atoms with E-state index in [0.717, 1.165) is 22.9 Å². The summed E-state index contributed by atoms with van der Waals surface area (Å²) in [5.74, 6) is -0.264. The van der Waals surface area contributed by atoms with Crippen molar-refractivity contribution in [3.63, 3.8) is 0 Å². The van der Waals surface area contributed by atoms with Gasteiger partial charge in [-0.05, 0) is 17.8 Å². The predicted octanol–water partition coefficient (Wildman–Crippen LogP) is 4.48. The summed E-state index contributed by atoms with van der Waals surface area (Å²) in [6.45, 7) is 1.76. The molecule has 0 spiro atoms. The Labute approximate surface area is 168 Å². The smallest absolute Gasteiger partial charge is 0.362 e. The topological polar surface area (TPSA) is 28.5 Å². The number of benzene rings is 1. The number of aromatic nitrogens is 1. The number of halogens is 3. The Morgan fingerprint density at radius 3 is 2.64 bits per heavy atom. The molecule has 0 fully saturated rings. The summed E-state index contributed by atoms with van der Waals surface area (Å²) >= 11 is 0.759. The van der Waals surface area contributed by atoms with Gasteiger partial charge in [-0.2, -0.15) is 25.3 Å². The number of aliphatic imine (C=N–C) groups is 1. The molecule has 3 nitrogen and oxygen atoms in total. The van der Waals surface area contributed by atoms with Gasteiger partial charge < -0.3 is 4.90 Å². The summed E-state index contributed by atoms with van der Waals surface area (Å²) < 4.78 is 37.3. The Balaban J connectivity index is 0.00000312. The summed E-state index contributed by atoms with van der Waals surface area (Å²) in [6.07, 6.45) is -0.850. The monoisotopic (exact) mass is 532 g/mol. The van der Waals surface area contributed by atoms with Crippen LogP contribution in [0.3, 0.4) is 0 Å². The van der Waals surface area contributed by atoms with E-state index in [4.69, 9.17) is 0 Å². The van der Waals surface area contributed by atoms with Crippen LogP contribution in [0.25, 0.3) is 0 Å². The van der Waals surface area contributed by atoms with E-state index in [0.29, 0.717) is 16.4 Å². The van der Waals surface area contributed by atoms with Crippen LogP contribution in [0.5, 0.6) is 0 Å². The Kier molecular flexibility index (Phi) is 8.34. The van der Waals surface area contributed by atoms with Crippen LogP contribution < -0.4 is 0 Å². The number of alkyl halides is 3. The molecular weight excluding hydrogens is 514 g/mol. The number of pyridine rings is 1. The number of hydrogen-bond acceptors (Lipinski definition) is 3. The average molecular weight is 531 g/mol. The van der Waals surface area contributed by atoms with Crippen molar-refractivity contribution in [2.45, 2.75) is 18.0 Å². The first-order chi connectivity index (χ1) is 11.3. The number of aryl methyl sites for hydroxylation is 1. The third-order valence-corrected chi connectivity index (χ3v) is 4.28. The van der Waals surface area contributed by atoms with E-state index in [1.165, 1.54) is 0 Å². The first-order valence-corrected chi connectivity index (χ1v) is 8.13. The quantitative estimate of drug-likeness (QED) is 0.192. The fourth-order valence-corrected chi connectivity index (χ4v) is 2.75. The molecule has 2 rings (SSSR count). The SMILES string of the molecule is Cc1c[c-]c(N=C(c2cccnc2)N(C)C)cc1SCC(F)(F)F.[Hf]. The molecule has 1 heterocycles. The van der Waals surface area contributed by atoms with Crippen molar-refractivity contribution in [3.8, 4) is 0 Å². The standard InChI is InChI=1S/C17H17F3N3S.Hf/c1-12-6-7-14(9-15(12)24-11-17(18,19)20)22-16(23(2)3)13-5-4-8-21-10-13;/h4-6,8-10H,11H2,1-3H3;/q-1;. The van der Waals surface area contributed by atoms with Gasteiger partial charge >= 0.3 is 6.18 Å². The van der Waals surface area contributed by atoms with Gasteiger partial charge in [0.15, 0.2) is 0 Å². The van der Waals surface area contributed by atoms with Crippen LogP contribution in [0.4, 0.5) is 18.9 Å². The van der Waals surface area contributed by atoms with Gasteiger partial charge in [0.2, 0.25) is 0 Å². The molecule has 25 heavy (non-hydrogen) atoms. The zero-order valence-electron chi connectivity index (χ0n) is 14.1. The zero-order chi connectivity index (χ0) is 17.7. The molecule has 0 aliphatic carbocycles. The van der Waals surface area contributed by atoms with Crippen LogP contribution in [0, 0.1) is 13.0 Å². The molecule has 2 aromatic rings. The Morgan fingerprint density at radius 1 is 1.36 bits per heavy atom. The average Bonchev–Trinajstić information content (AvgIpc) is 2.52. The van der Waals surface area contributed by atoms with E-state index in [1.54, 1.807) is 37.5 Å². The molecule has 1 aromatic heterocycles. The first kappa shape index (κ1) is 21.9. The Morgan fingerprint density at radius 2 is 2.08 bits per heavy atom. The van der Waals surface area contributed by atoms with Gasteiger partial charge in [0.05, 0.1) is 5.75 Å². The fourth-order valence-electron chi connectivity index (χ4n) is 1.94. The van der Waals surface area contributed by atoms with Crippen LogP contribution in [-0.4, -0.2) is 41.7 Å². The Hall–Kier alpha value is -1.15. The van der Waals surface area contributed by atoms with Gasteiger partial charge in [-0.3, -0.25) is 9.98 Å². The van der Waals surface area contributed by atoms with Crippen molar-refractivity contribution < 1.29 is 39.0 Å². The van der Waals surface area contributed by atoms with Crippen LogP contribution >= 0.6 is 11.8 Å². The number of rotatable bonds is 4. The van der Waals surface area contributed by atoms with E-state index >= 15 is 0 Å². The molecule has 0 amide bonds. The maximum atomic E-state index is 12.4. The molecule has 0 N–H and O–H groups in total. The van der Waals surface area contributed by atoms with E-state index in [2.05, 4.69) is 16.0 Å². The van der Waals surface area contributed by atoms with Gasteiger partial charge in [-0.25, -0.2) is 0 Å². The molecule has 0 saturated carbocycles. The van der Waals surface area contributed by atoms with E-state index in [9.17, 15) is 13.2 Å². The van der Waals surface area contributed by atoms with E-state index < -0.39 is 11.9 Å². The van der Waals surface area contributed by atoms with E-state index in [1.807, 2.05) is 25.1 Å². The van der Waals surface area contributed by atoms with Crippen molar-refractivity contribution in [2.75, 3.05) is 19.8 Å². The molecule has 0 bridgehead atoms. The molecule has 8 heteroatoms. The normalized spacial score (nSPS) is 11.8. The van der Waals surface area contributed by atoms with Crippen LogP contribution in [0.15, 0.2) is 46.5 Å². The fraction of sp³-hybridized carbons (Fsp3) is 0.294. The molecular formula is C17H17F3HfN3S-. The minimum absolute atomic E-state index is 0. The van der Waals surface area contributed by atoms with Crippen molar-refractivity contribution >= 4 is 23.3 Å². The maximum Gasteiger partial charge on any atom is 0.398 e. The molecule has 0 radical (unpaired) electrons. The summed E-state index contributed by atoms with van der Waals surface area (Å²) in [4.78, 5) is 11.0. The number of thioether (sulfide) groups is 1. The first-order valence-electron chi connectivity index (χ1n) is 7.14. The molecule has 0 aliphatic rings. The third kappa shape index (κ3) is 6.93. The van der Waals surface area contributed by atoms with Crippen LogP contribution in [0.2, 0.25) is 0 Å². The minimum atomic E-state index is -4.20. The summed E-state index contributed by atoms with van der Waals surface area (Å²) in [6, 6.07) is 9.97. The Bertz CT molecular complexity index is 719. The maximum absolute atomic E-state index is 12.4. The van der Waals surface area contributed by atoms with Gasteiger partial charge in [-0.15, -0.1) is 23.4 Å². The molecule has 132 valence electrons. The summed E-state index contributed by atoms with van der Waals surface area (Å²) in [7, 11) is 3.69. The third-order valence-electron chi connectivity index (χ3n) is 3.05. The van der Waals surface area contributed by atoms with Crippen molar-refractivity contribution in [3.05, 3.63) is 53.9 Å².